The Bertz CT molecular complexity index is 3180. The summed E-state index contributed by atoms with van der Waals surface area (Å²) in [5, 5.41) is 3.41. The van der Waals surface area contributed by atoms with Crippen molar-refractivity contribution in [3.8, 4) is 44.7 Å². The third-order valence-corrected chi connectivity index (χ3v) is 9.13. The predicted octanol–water partition coefficient (Wildman–Crippen LogP) is 13.3. The minimum Gasteiger partial charge on any atom is -0.456 e. The largest absolute Gasteiger partial charge is 0.456 e. The van der Waals surface area contributed by atoms with Crippen molar-refractivity contribution in [2.45, 2.75) is 0 Å². The molecule has 2 aromatic heterocycles. The lowest BCUT2D eigenvalue weighted by Gasteiger charge is -2.18. The van der Waals surface area contributed by atoms with E-state index in [-0.39, 0.29) is 45.7 Å². The highest BCUT2D eigenvalue weighted by atomic mass is 16.3. The van der Waals surface area contributed by atoms with E-state index < -0.39 is 24.2 Å². The van der Waals surface area contributed by atoms with Crippen molar-refractivity contribution in [3.05, 3.63) is 170 Å². The summed E-state index contributed by atoms with van der Waals surface area (Å²) < 4.78 is 84.5. The van der Waals surface area contributed by atoms with Gasteiger partial charge in [0, 0.05) is 16.3 Å². The first-order valence-electron chi connectivity index (χ1n) is 19.7. The van der Waals surface area contributed by atoms with Gasteiger partial charge in [-0.1, -0.05) is 151 Å². The first-order chi connectivity index (χ1) is 27.1. The van der Waals surface area contributed by atoms with Gasteiger partial charge in [-0.05, 0) is 73.1 Å². The summed E-state index contributed by atoms with van der Waals surface area (Å²) in [7, 11) is 0. The minimum absolute atomic E-state index is 0.175. The fraction of sp³-hybridized carbons (Fsp3) is 0. The Morgan fingerprint density at radius 3 is 1.54 bits per heavy atom. The molecule has 2 heteroatoms. The van der Waals surface area contributed by atoms with Gasteiger partial charge in [-0.3, -0.25) is 0 Å². The number of fused-ring (bicyclic) bond motifs is 7. The second kappa shape index (κ2) is 10.6. The minimum atomic E-state index is -0.435. The number of hydrogen-bond acceptors (Lipinski definition) is 2. The standard InChI is InChI=1S/C46H28O2/c1-3-13-30(14-4-1)41-28-39-38(27-42-45(46(39)48-41)37-21-11-12-22-40(37)47-42)29-23-25-32(26-24-29)44-35-19-9-7-17-33(35)43(31-15-5-2-6-16-31)34-18-8-10-20-36(34)44/h1-28H/i7D,8D,9D,10D,17D,18D,19D,20D. The number of benzene rings is 8. The topological polar surface area (TPSA) is 26.3 Å². The second-order valence-electron chi connectivity index (χ2n) is 11.8. The Labute approximate surface area is 288 Å². The van der Waals surface area contributed by atoms with Gasteiger partial charge in [-0.2, -0.15) is 0 Å². The van der Waals surface area contributed by atoms with E-state index in [1.807, 2.05) is 97.1 Å². The summed E-state index contributed by atoms with van der Waals surface area (Å²) in [5.74, 6) is 0.705. The molecule has 0 spiro atoms. The Morgan fingerprint density at radius 2 is 0.917 bits per heavy atom. The van der Waals surface area contributed by atoms with E-state index in [4.69, 9.17) is 17.1 Å². The van der Waals surface area contributed by atoms with Gasteiger partial charge in [0.15, 0.2) is 0 Å². The van der Waals surface area contributed by atoms with E-state index in [0.717, 1.165) is 38.4 Å². The van der Waals surface area contributed by atoms with Crippen molar-refractivity contribution in [3.63, 3.8) is 0 Å². The van der Waals surface area contributed by atoms with Crippen molar-refractivity contribution in [2.75, 3.05) is 0 Å². The van der Waals surface area contributed by atoms with Crippen molar-refractivity contribution < 1.29 is 19.8 Å². The molecule has 224 valence electrons. The fourth-order valence-electron chi connectivity index (χ4n) is 6.99. The maximum Gasteiger partial charge on any atom is 0.147 e. The third kappa shape index (κ3) is 4.06. The van der Waals surface area contributed by atoms with Gasteiger partial charge in [0.25, 0.3) is 0 Å². The van der Waals surface area contributed by atoms with Gasteiger partial charge in [0.1, 0.15) is 22.5 Å². The SMILES string of the molecule is [2H]c1c([2H])c([2H])c2c(-c3ccc(-c4cc5oc6ccccc6c5c5oc(-c6ccccc6)cc45)cc3)c3c([2H])c([2H])c([2H])c([2H])c3c(-c3ccccc3)c2c1[2H]. The molecule has 0 fully saturated rings. The molecule has 0 bridgehead atoms. The average Bonchev–Trinajstić information content (AvgIpc) is 3.85. The van der Waals surface area contributed by atoms with Crippen LogP contribution in [0.5, 0.6) is 0 Å². The molecule has 10 rings (SSSR count). The maximum atomic E-state index is 9.23. The molecule has 48 heavy (non-hydrogen) atoms. The predicted molar refractivity (Wildman–Crippen MR) is 200 cm³/mol. The summed E-state index contributed by atoms with van der Waals surface area (Å²) in [6.45, 7) is 0. The fourth-order valence-corrected chi connectivity index (χ4v) is 6.99. The van der Waals surface area contributed by atoms with E-state index in [9.17, 15) is 2.74 Å². The van der Waals surface area contributed by atoms with Crippen molar-refractivity contribution in [2.24, 2.45) is 0 Å². The van der Waals surface area contributed by atoms with Crippen LogP contribution in [0.2, 0.25) is 0 Å². The Kier molecular flexibility index (Phi) is 4.41. The highest BCUT2D eigenvalue weighted by Gasteiger charge is 2.21. The molecule has 0 saturated carbocycles. The van der Waals surface area contributed by atoms with Crippen LogP contribution in [-0.4, -0.2) is 0 Å². The van der Waals surface area contributed by atoms with Gasteiger partial charge in [0.2, 0.25) is 0 Å². The van der Waals surface area contributed by atoms with Crippen LogP contribution in [0.15, 0.2) is 179 Å². The third-order valence-electron chi connectivity index (χ3n) is 9.13. The lowest BCUT2D eigenvalue weighted by atomic mass is 9.85. The highest BCUT2D eigenvalue weighted by molar-refractivity contribution is 6.22. The van der Waals surface area contributed by atoms with E-state index in [1.165, 1.54) is 0 Å². The van der Waals surface area contributed by atoms with Crippen molar-refractivity contribution in [1.82, 2.24) is 0 Å². The molecule has 10 aromatic rings. The Hall–Kier alpha value is -6.38. The van der Waals surface area contributed by atoms with Crippen LogP contribution >= 0.6 is 0 Å². The number of para-hydroxylation sites is 1. The second-order valence-corrected chi connectivity index (χ2v) is 11.8. The zero-order valence-corrected chi connectivity index (χ0v) is 25.4. The average molecular weight is 621 g/mol. The lowest BCUT2D eigenvalue weighted by Crippen LogP contribution is -1.90. The van der Waals surface area contributed by atoms with Gasteiger partial charge >= 0.3 is 0 Å². The first-order valence-corrected chi connectivity index (χ1v) is 15.7. The monoisotopic (exact) mass is 620 g/mol. The van der Waals surface area contributed by atoms with Crippen LogP contribution in [0.25, 0.3) is 99.2 Å². The van der Waals surface area contributed by atoms with Crippen molar-refractivity contribution in [1.29, 1.82) is 0 Å². The molecule has 0 atom stereocenters. The molecule has 0 amide bonds. The zero-order chi connectivity index (χ0) is 38.6. The molecule has 0 aliphatic carbocycles. The van der Waals surface area contributed by atoms with Crippen LogP contribution in [0, 0.1) is 0 Å². The molecular formula is C46H28O2. The Balaban J connectivity index is 1.28. The molecule has 0 saturated heterocycles. The summed E-state index contributed by atoms with van der Waals surface area (Å²) >= 11 is 0. The highest BCUT2D eigenvalue weighted by Crippen LogP contribution is 2.46. The van der Waals surface area contributed by atoms with Crippen molar-refractivity contribution >= 4 is 54.5 Å². The van der Waals surface area contributed by atoms with Crippen LogP contribution in [0.3, 0.4) is 0 Å². The molecule has 0 aliphatic rings. The van der Waals surface area contributed by atoms with Gasteiger partial charge in [0.05, 0.1) is 16.4 Å². The van der Waals surface area contributed by atoms with E-state index in [0.29, 0.717) is 39.2 Å². The van der Waals surface area contributed by atoms with E-state index >= 15 is 0 Å². The molecule has 0 N–H and O–H groups in total. The summed E-state index contributed by atoms with van der Waals surface area (Å²) in [5.41, 5.74) is 6.40. The normalized spacial score (nSPS) is 14.1. The summed E-state index contributed by atoms with van der Waals surface area (Å²) in [6.07, 6.45) is 0. The maximum absolute atomic E-state index is 9.23. The van der Waals surface area contributed by atoms with E-state index in [2.05, 4.69) is 0 Å². The first kappa shape index (κ1) is 20.0. The van der Waals surface area contributed by atoms with Gasteiger partial charge in [-0.15, -0.1) is 0 Å². The quantitative estimate of drug-likeness (QED) is 0.183. The molecule has 2 nitrogen and oxygen atoms in total. The number of hydrogen-bond donors (Lipinski definition) is 0. The summed E-state index contributed by atoms with van der Waals surface area (Å²) in [6, 6.07) is 35.3. The molecule has 0 aliphatic heterocycles. The molecule has 8 aromatic carbocycles. The molecule has 0 radical (unpaired) electrons. The molecule has 2 heterocycles. The van der Waals surface area contributed by atoms with Crippen LogP contribution in [-0.2, 0) is 0 Å². The van der Waals surface area contributed by atoms with Crippen LogP contribution < -0.4 is 0 Å². The van der Waals surface area contributed by atoms with Gasteiger partial charge < -0.3 is 8.83 Å². The lowest BCUT2D eigenvalue weighted by molar-refractivity contribution is 0.633. The number of furan rings is 2. The van der Waals surface area contributed by atoms with E-state index in [1.54, 1.807) is 24.3 Å². The van der Waals surface area contributed by atoms with Crippen LogP contribution in [0.4, 0.5) is 0 Å². The molecule has 0 unspecified atom stereocenters. The number of rotatable bonds is 4. The smallest absolute Gasteiger partial charge is 0.147 e. The molecular weight excluding hydrogens is 585 g/mol. The van der Waals surface area contributed by atoms with Gasteiger partial charge in [-0.25, -0.2) is 0 Å². The van der Waals surface area contributed by atoms with Crippen LogP contribution in [0.1, 0.15) is 11.0 Å². The summed E-state index contributed by atoms with van der Waals surface area (Å²) in [4.78, 5) is 0. The zero-order valence-electron chi connectivity index (χ0n) is 33.4. The Morgan fingerprint density at radius 1 is 0.396 bits per heavy atom.